The van der Waals surface area contributed by atoms with Gasteiger partial charge < -0.3 is 9.47 Å². The molecule has 0 spiro atoms. The first-order valence-electron chi connectivity index (χ1n) is 12.2. The molecule has 0 N–H and O–H groups in total. The van der Waals surface area contributed by atoms with Crippen LogP contribution in [0.15, 0.2) is 84.9 Å². The summed E-state index contributed by atoms with van der Waals surface area (Å²) in [5, 5.41) is 0. The van der Waals surface area contributed by atoms with Gasteiger partial charge in [-0.2, -0.15) is 0 Å². The summed E-state index contributed by atoms with van der Waals surface area (Å²) in [7, 11) is 5.91. The lowest BCUT2D eigenvalue weighted by molar-refractivity contribution is -0.126. The van der Waals surface area contributed by atoms with Gasteiger partial charge in [0.25, 0.3) is 0 Å². The standard InChI is InChI=1S/C30H37NO2/c1-31(24-21-25-17-19-28(32-2)20-18-25)29(22-11-6-12-23-29)30(33-3,26-13-7-4-8-14-26)27-15-9-5-10-16-27/h4-5,7-10,13-20H,6,11-12,21-24H2,1-3H3. The van der Waals surface area contributed by atoms with Crippen LogP contribution in [0.1, 0.15) is 48.8 Å². The fourth-order valence-electron chi connectivity index (χ4n) is 5.92. The molecule has 0 saturated heterocycles. The van der Waals surface area contributed by atoms with E-state index in [1.807, 2.05) is 7.11 Å². The Morgan fingerprint density at radius 3 is 1.79 bits per heavy atom. The number of hydrogen-bond acceptors (Lipinski definition) is 3. The van der Waals surface area contributed by atoms with Gasteiger partial charge in [-0.3, -0.25) is 4.90 Å². The van der Waals surface area contributed by atoms with Crippen molar-refractivity contribution in [1.29, 1.82) is 0 Å². The van der Waals surface area contributed by atoms with Crippen LogP contribution < -0.4 is 4.74 Å². The first-order chi connectivity index (χ1) is 16.2. The Morgan fingerprint density at radius 2 is 1.30 bits per heavy atom. The molecular weight excluding hydrogens is 406 g/mol. The van der Waals surface area contributed by atoms with Crippen molar-refractivity contribution < 1.29 is 9.47 Å². The Labute approximate surface area is 199 Å². The number of ether oxygens (including phenoxy) is 2. The summed E-state index contributed by atoms with van der Waals surface area (Å²) in [6.45, 7) is 0.969. The zero-order chi connectivity index (χ0) is 23.2. The molecule has 0 aromatic heterocycles. The number of benzene rings is 3. The van der Waals surface area contributed by atoms with Gasteiger partial charge in [0.15, 0.2) is 0 Å². The number of likely N-dealkylation sites (N-methyl/N-ethyl adjacent to an activating group) is 1. The maximum Gasteiger partial charge on any atom is 0.136 e. The minimum atomic E-state index is -0.537. The van der Waals surface area contributed by atoms with E-state index >= 15 is 0 Å². The first kappa shape index (κ1) is 23.5. The van der Waals surface area contributed by atoms with Crippen LogP contribution in [0.25, 0.3) is 0 Å². The van der Waals surface area contributed by atoms with Crippen molar-refractivity contribution in [3.05, 3.63) is 102 Å². The van der Waals surface area contributed by atoms with Gasteiger partial charge in [-0.15, -0.1) is 0 Å². The molecule has 174 valence electrons. The third-order valence-corrected chi connectivity index (χ3v) is 7.63. The molecule has 1 aliphatic carbocycles. The average Bonchev–Trinajstić information content (AvgIpc) is 2.90. The second-order valence-electron chi connectivity index (χ2n) is 9.23. The highest BCUT2D eigenvalue weighted by Crippen LogP contribution is 2.52. The minimum Gasteiger partial charge on any atom is -0.497 e. The molecule has 3 aromatic carbocycles. The van der Waals surface area contributed by atoms with Crippen LogP contribution in [0.3, 0.4) is 0 Å². The van der Waals surface area contributed by atoms with E-state index in [-0.39, 0.29) is 5.54 Å². The third-order valence-electron chi connectivity index (χ3n) is 7.63. The highest BCUT2D eigenvalue weighted by Gasteiger charge is 2.56. The lowest BCUT2D eigenvalue weighted by Crippen LogP contribution is -2.63. The van der Waals surface area contributed by atoms with Gasteiger partial charge in [0, 0.05) is 13.7 Å². The molecule has 4 rings (SSSR count). The van der Waals surface area contributed by atoms with Crippen molar-refractivity contribution in [3.63, 3.8) is 0 Å². The molecule has 1 fully saturated rings. The summed E-state index contributed by atoms with van der Waals surface area (Å²) < 4.78 is 12.0. The maximum absolute atomic E-state index is 6.70. The minimum absolute atomic E-state index is 0.130. The van der Waals surface area contributed by atoms with Crippen molar-refractivity contribution in [2.24, 2.45) is 0 Å². The van der Waals surface area contributed by atoms with Crippen molar-refractivity contribution >= 4 is 0 Å². The Bertz CT molecular complexity index is 939. The van der Waals surface area contributed by atoms with E-state index in [9.17, 15) is 0 Å². The summed E-state index contributed by atoms with van der Waals surface area (Å²) >= 11 is 0. The van der Waals surface area contributed by atoms with Gasteiger partial charge in [0.05, 0.1) is 12.6 Å². The van der Waals surface area contributed by atoms with E-state index in [0.29, 0.717) is 0 Å². The largest absolute Gasteiger partial charge is 0.497 e. The smallest absolute Gasteiger partial charge is 0.136 e. The predicted molar refractivity (Wildman–Crippen MR) is 136 cm³/mol. The first-order valence-corrected chi connectivity index (χ1v) is 12.2. The van der Waals surface area contributed by atoms with Crippen molar-refractivity contribution in [2.75, 3.05) is 27.8 Å². The Hall–Kier alpha value is -2.62. The van der Waals surface area contributed by atoms with Crippen LogP contribution in [-0.2, 0) is 16.8 Å². The fourth-order valence-corrected chi connectivity index (χ4v) is 5.92. The highest BCUT2D eigenvalue weighted by molar-refractivity contribution is 5.42. The zero-order valence-electron chi connectivity index (χ0n) is 20.3. The van der Waals surface area contributed by atoms with Crippen LogP contribution >= 0.6 is 0 Å². The molecule has 1 saturated carbocycles. The molecule has 3 heteroatoms. The number of rotatable bonds is 9. The molecule has 0 unspecified atom stereocenters. The van der Waals surface area contributed by atoms with Crippen LogP contribution in [0.2, 0.25) is 0 Å². The van der Waals surface area contributed by atoms with E-state index in [4.69, 9.17) is 9.47 Å². The van der Waals surface area contributed by atoms with Gasteiger partial charge in [-0.1, -0.05) is 92.1 Å². The van der Waals surface area contributed by atoms with Crippen molar-refractivity contribution in [3.8, 4) is 5.75 Å². The van der Waals surface area contributed by atoms with Gasteiger partial charge in [-0.25, -0.2) is 0 Å². The topological polar surface area (TPSA) is 21.7 Å². The molecule has 1 aliphatic rings. The van der Waals surface area contributed by atoms with Crippen LogP contribution in [0.4, 0.5) is 0 Å². The Morgan fingerprint density at radius 1 is 0.758 bits per heavy atom. The SMILES string of the molecule is COc1ccc(CCN(C)C2(C(OC)(c3ccccc3)c3ccccc3)CCCCC2)cc1. The van der Waals surface area contributed by atoms with Gasteiger partial charge in [-0.05, 0) is 55.1 Å². The molecule has 0 heterocycles. The summed E-state index contributed by atoms with van der Waals surface area (Å²) in [4.78, 5) is 2.60. The molecule has 0 radical (unpaired) electrons. The normalized spacial score (nSPS) is 16.0. The maximum atomic E-state index is 6.70. The van der Waals surface area contributed by atoms with Crippen LogP contribution in [-0.4, -0.2) is 38.3 Å². The van der Waals surface area contributed by atoms with Crippen LogP contribution in [0.5, 0.6) is 5.75 Å². The van der Waals surface area contributed by atoms with Gasteiger partial charge >= 0.3 is 0 Å². The lowest BCUT2D eigenvalue weighted by Gasteiger charge is -2.57. The van der Waals surface area contributed by atoms with Crippen molar-refractivity contribution in [1.82, 2.24) is 4.90 Å². The zero-order valence-corrected chi connectivity index (χ0v) is 20.3. The molecule has 0 amide bonds. The summed E-state index contributed by atoms with van der Waals surface area (Å²) in [5.41, 5.74) is 3.13. The third kappa shape index (κ3) is 4.45. The van der Waals surface area contributed by atoms with E-state index < -0.39 is 5.60 Å². The predicted octanol–water partition coefficient (Wildman–Crippen LogP) is 6.46. The second-order valence-corrected chi connectivity index (χ2v) is 9.23. The Kier molecular flexibility index (Phi) is 7.52. The quantitative estimate of drug-likeness (QED) is 0.379. The molecule has 0 atom stereocenters. The molecule has 0 aliphatic heterocycles. The Balaban J connectivity index is 1.76. The molecular formula is C30H37NO2. The van der Waals surface area contributed by atoms with Crippen molar-refractivity contribution in [2.45, 2.75) is 49.7 Å². The summed E-state index contributed by atoms with van der Waals surface area (Å²) in [6, 6.07) is 30.2. The van der Waals surface area contributed by atoms with E-state index in [1.165, 1.54) is 36.0 Å². The summed E-state index contributed by atoms with van der Waals surface area (Å²) in [6.07, 6.45) is 6.95. The molecule has 0 bridgehead atoms. The molecule has 33 heavy (non-hydrogen) atoms. The van der Waals surface area contributed by atoms with E-state index in [0.717, 1.165) is 31.6 Å². The van der Waals surface area contributed by atoms with Gasteiger partial charge in [0.2, 0.25) is 0 Å². The monoisotopic (exact) mass is 443 g/mol. The summed E-state index contributed by atoms with van der Waals surface area (Å²) in [5.74, 6) is 0.905. The number of hydrogen-bond donors (Lipinski definition) is 0. The molecule has 3 aromatic rings. The number of methoxy groups -OCH3 is 2. The average molecular weight is 444 g/mol. The van der Waals surface area contributed by atoms with Crippen LogP contribution in [0, 0.1) is 0 Å². The van der Waals surface area contributed by atoms with E-state index in [2.05, 4.69) is 96.9 Å². The lowest BCUT2D eigenvalue weighted by atomic mass is 9.63. The van der Waals surface area contributed by atoms with E-state index in [1.54, 1.807) is 7.11 Å². The molecule has 3 nitrogen and oxygen atoms in total. The highest BCUT2D eigenvalue weighted by atomic mass is 16.5. The van der Waals surface area contributed by atoms with Gasteiger partial charge in [0.1, 0.15) is 11.4 Å². The number of nitrogens with zero attached hydrogens (tertiary/aromatic N) is 1. The second kappa shape index (κ2) is 10.5. The fraction of sp³-hybridized carbons (Fsp3) is 0.400.